The molecule has 1 saturated carbocycles. The second-order valence-corrected chi connectivity index (χ2v) is 6.50. The molecular formula is C16H29N3O2. The standard InChI is InChI=1S/C16H29N3O2/c1-5-12(4)13(17)14-18-15(19-21-14)16(20-6-2)9-7-8-11(3)10-16/h11-13H,5-10,17H2,1-4H3/t11?,12-,13-,16?/m0/s1. The molecule has 1 aromatic rings. The predicted octanol–water partition coefficient (Wildman–Crippen LogP) is 3.56. The first kappa shape index (κ1) is 16.4. The Labute approximate surface area is 127 Å². The predicted molar refractivity (Wildman–Crippen MR) is 81.6 cm³/mol. The smallest absolute Gasteiger partial charge is 0.243 e. The van der Waals surface area contributed by atoms with Gasteiger partial charge in [-0.2, -0.15) is 4.98 Å². The van der Waals surface area contributed by atoms with Gasteiger partial charge in [-0.25, -0.2) is 0 Å². The monoisotopic (exact) mass is 295 g/mol. The number of nitrogens with two attached hydrogens (primary N) is 1. The van der Waals surface area contributed by atoms with Gasteiger partial charge in [0.15, 0.2) is 0 Å². The van der Waals surface area contributed by atoms with Gasteiger partial charge in [-0.1, -0.05) is 38.8 Å². The average molecular weight is 295 g/mol. The molecule has 1 aliphatic carbocycles. The minimum atomic E-state index is -0.386. The summed E-state index contributed by atoms with van der Waals surface area (Å²) in [5.41, 5.74) is 5.81. The summed E-state index contributed by atoms with van der Waals surface area (Å²) in [5.74, 6) is 2.17. The first-order valence-corrected chi connectivity index (χ1v) is 8.26. The highest BCUT2D eigenvalue weighted by atomic mass is 16.5. The van der Waals surface area contributed by atoms with Gasteiger partial charge in [0.2, 0.25) is 11.7 Å². The number of rotatable bonds is 6. The van der Waals surface area contributed by atoms with Crippen molar-refractivity contribution in [3.8, 4) is 0 Å². The van der Waals surface area contributed by atoms with E-state index in [9.17, 15) is 0 Å². The average Bonchev–Trinajstić information content (AvgIpc) is 2.96. The molecule has 0 saturated heterocycles. The van der Waals surface area contributed by atoms with E-state index in [4.69, 9.17) is 15.0 Å². The molecule has 120 valence electrons. The van der Waals surface area contributed by atoms with Crippen molar-refractivity contribution in [2.45, 2.75) is 71.4 Å². The molecule has 5 nitrogen and oxygen atoms in total. The molecule has 2 unspecified atom stereocenters. The first-order chi connectivity index (χ1) is 10.0. The van der Waals surface area contributed by atoms with E-state index >= 15 is 0 Å². The van der Waals surface area contributed by atoms with E-state index in [1.165, 1.54) is 6.42 Å². The summed E-state index contributed by atoms with van der Waals surface area (Å²) in [7, 11) is 0. The van der Waals surface area contributed by atoms with Crippen LogP contribution in [-0.2, 0) is 10.3 Å². The number of aromatic nitrogens is 2. The van der Waals surface area contributed by atoms with E-state index in [0.717, 1.165) is 25.7 Å². The second-order valence-electron chi connectivity index (χ2n) is 6.50. The van der Waals surface area contributed by atoms with Crippen LogP contribution in [0.4, 0.5) is 0 Å². The van der Waals surface area contributed by atoms with Crippen LogP contribution >= 0.6 is 0 Å². The topological polar surface area (TPSA) is 74.2 Å². The van der Waals surface area contributed by atoms with Gasteiger partial charge in [0.1, 0.15) is 5.60 Å². The summed E-state index contributed by atoms with van der Waals surface area (Å²) in [4.78, 5) is 4.60. The minimum absolute atomic E-state index is 0.198. The van der Waals surface area contributed by atoms with Gasteiger partial charge in [-0.15, -0.1) is 0 Å². The summed E-state index contributed by atoms with van der Waals surface area (Å²) in [6, 6.07) is -0.198. The Morgan fingerprint density at radius 1 is 1.48 bits per heavy atom. The Morgan fingerprint density at radius 2 is 2.24 bits per heavy atom. The molecule has 0 amide bonds. The lowest BCUT2D eigenvalue weighted by Gasteiger charge is -2.37. The van der Waals surface area contributed by atoms with Gasteiger partial charge < -0.3 is 15.0 Å². The molecule has 0 bridgehead atoms. The van der Waals surface area contributed by atoms with Crippen LogP contribution in [0.15, 0.2) is 4.52 Å². The number of hydrogen-bond acceptors (Lipinski definition) is 5. The molecule has 1 heterocycles. The van der Waals surface area contributed by atoms with Crippen LogP contribution in [0.5, 0.6) is 0 Å². The number of nitrogens with zero attached hydrogens (tertiary/aromatic N) is 2. The summed E-state index contributed by atoms with van der Waals surface area (Å²) in [6.07, 6.45) is 5.29. The van der Waals surface area contributed by atoms with Crippen molar-refractivity contribution in [3.05, 3.63) is 11.7 Å². The van der Waals surface area contributed by atoms with E-state index < -0.39 is 0 Å². The SMILES string of the molecule is CCOC1(c2noc([C@@H](N)[C@@H](C)CC)n2)CCCC(C)C1. The maximum Gasteiger partial charge on any atom is 0.243 e. The maximum atomic E-state index is 6.20. The summed E-state index contributed by atoms with van der Waals surface area (Å²) < 4.78 is 11.5. The molecule has 2 N–H and O–H groups in total. The molecular weight excluding hydrogens is 266 g/mol. The van der Waals surface area contributed by atoms with Crippen LogP contribution in [0.3, 0.4) is 0 Å². The van der Waals surface area contributed by atoms with Crippen LogP contribution in [0.1, 0.15) is 77.6 Å². The van der Waals surface area contributed by atoms with Crippen LogP contribution in [0.25, 0.3) is 0 Å². The van der Waals surface area contributed by atoms with Crippen molar-refractivity contribution < 1.29 is 9.26 Å². The van der Waals surface area contributed by atoms with Crippen molar-refractivity contribution in [1.29, 1.82) is 0 Å². The minimum Gasteiger partial charge on any atom is -0.367 e. The van der Waals surface area contributed by atoms with E-state index in [-0.39, 0.29) is 11.6 Å². The summed E-state index contributed by atoms with van der Waals surface area (Å²) in [6.45, 7) is 9.17. The Morgan fingerprint density at radius 3 is 2.86 bits per heavy atom. The quantitative estimate of drug-likeness (QED) is 0.868. The fraction of sp³-hybridized carbons (Fsp3) is 0.875. The Hall–Kier alpha value is -0.940. The Kier molecular flexibility index (Phi) is 5.38. The molecule has 0 aliphatic heterocycles. The van der Waals surface area contributed by atoms with Crippen molar-refractivity contribution in [1.82, 2.24) is 10.1 Å². The third-order valence-corrected chi connectivity index (χ3v) is 4.77. The van der Waals surface area contributed by atoms with Crippen molar-refractivity contribution in [3.63, 3.8) is 0 Å². The number of hydrogen-bond donors (Lipinski definition) is 1. The Bertz CT molecular complexity index is 444. The summed E-state index contributed by atoms with van der Waals surface area (Å²) in [5, 5.41) is 4.21. The van der Waals surface area contributed by atoms with Crippen molar-refractivity contribution in [2.24, 2.45) is 17.6 Å². The lowest BCUT2D eigenvalue weighted by Crippen LogP contribution is -2.36. The lowest BCUT2D eigenvalue weighted by molar-refractivity contribution is -0.0891. The van der Waals surface area contributed by atoms with E-state index in [2.05, 4.69) is 30.9 Å². The first-order valence-electron chi connectivity index (χ1n) is 8.26. The highest BCUT2D eigenvalue weighted by molar-refractivity contribution is 5.06. The molecule has 5 heteroatoms. The lowest BCUT2D eigenvalue weighted by atomic mass is 9.78. The van der Waals surface area contributed by atoms with Crippen LogP contribution < -0.4 is 5.73 Å². The third-order valence-electron chi connectivity index (χ3n) is 4.77. The largest absolute Gasteiger partial charge is 0.367 e. The van der Waals surface area contributed by atoms with Crippen LogP contribution in [0, 0.1) is 11.8 Å². The molecule has 1 aliphatic rings. The van der Waals surface area contributed by atoms with Crippen LogP contribution in [0.2, 0.25) is 0 Å². The molecule has 4 atom stereocenters. The molecule has 0 radical (unpaired) electrons. The molecule has 21 heavy (non-hydrogen) atoms. The van der Waals surface area contributed by atoms with Gasteiger partial charge in [0.25, 0.3) is 0 Å². The fourth-order valence-corrected chi connectivity index (χ4v) is 3.23. The van der Waals surface area contributed by atoms with E-state index in [1.54, 1.807) is 0 Å². The molecule has 1 aromatic heterocycles. The summed E-state index contributed by atoms with van der Waals surface area (Å²) >= 11 is 0. The molecule has 0 aromatic carbocycles. The normalized spacial score (nSPS) is 29.3. The highest BCUT2D eigenvalue weighted by Crippen LogP contribution is 2.42. The third kappa shape index (κ3) is 3.46. The van der Waals surface area contributed by atoms with E-state index in [1.807, 2.05) is 6.92 Å². The Balaban J connectivity index is 2.24. The molecule has 1 fully saturated rings. The zero-order valence-electron chi connectivity index (χ0n) is 13.8. The molecule has 0 spiro atoms. The number of ether oxygens (including phenoxy) is 1. The van der Waals surface area contributed by atoms with Gasteiger partial charge in [0, 0.05) is 6.61 Å². The fourth-order valence-electron chi connectivity index (χ4n) is 3.23. The van der Waals surface area contributed by atoms with Crippen molar-refractivity contribution in [2.75, 3.05) is 6.61 Å². The zero-order valence-corrected chi connectivity index (χ0v) is 13.8. The van der Waals surface area contributed by atoms with Gasteiger partial charge in [-0.3, -0.25) is 0 Å². The van der Waals surface area contributed by atoms with Crippen molar-refractivity contribution >= 4 is 0 Å². The van der Waals surface area contributed by atoms with Gasteiger partial charge >= 0.3 is 0 Å². The van der Waals surface area contributed by atoms with E-state index in [0.29, 0.717) is 30.2 Å². The zero-order chi connectivity index (χ0) is 15.5. The maximum absolute atomic E-state index is 6.20. The van der Waals surface area contributed by atoms with Gasteiger partial charge in [-0.05, 0) is 38.0 Å². The highest BCUT2D eigenvalue weighted by Gasteiger charge is 2.42. The molecule has 2 rings (SSSR count). The second kappa shape index (κ2) is 6.88. The van der Waals surface area contributed by atoms with Gasteiger partial charge in [0.05, 0.1) is 6.04 Å². The van der Waals surface area contributed by atoms with Crippen LogP contribution in [-0.4, -0.2) is 16.7 Å².